The molecule has 2 aliphatic rings. The summed E-state index contributed by atoms with van der Waals surface area (Å²) in [6, 6.07) is 0.461. The van der Waals surface area contributed by atoms with Crippen LogP contribution in [0.3, 0.4) is 0 Å². The van der Waals surface area contributed by atoms with Gasteiger partial charge in [0, 0.05) is 32.6 Å². The molecule has 0 radical (unpaired) electrons. The van der Waals surface area contributed by atoms with Crippen molar-refractivity contribution in [3.05, 3.63) is 0 Å². The fraction of sp³-hybridized carbons (Fsp3) is 0.846. The molecule has 102 valence electrons. The van der Waals surface area contributed by atoms with Crippen LogP contribution in [-0.2, 0) is 9.59 Å². The maximum atomic E-state index is 11.6. The Labute approximate surface area is 108 Å². The van der Waals surface area contributed by atoms with Gasteiger partial charge in [-0.05, 0) is 31.6 Å². The van der Waals surface area contributed by atoms with Crippen LogP contribution < -0.4 is 5.73 Å². The third-order valence-electron chi connectivity index (χ3n) is 3.89. The average Bonchev–Trinajstić information content (AvgIpc) is 3.19. The minimum absolute atomic E-state index is 0.0282. The number of hydrogen-bond acceptors (Lipinski definition) is 3. The minimum Gasteiger partial charge on any atom is -0.341 e. The standard InChI is InChI=1S/C13H23N3O2/c1-10(17)16(12-4-5-12)9-11-3-2-6-15(8-11)13(18)7-14/h11-12H,2-9,14H2,1H3. The molecule has 1 aliphatic heterocycles. The molecule has 2 amide bonds. The van der Waals surface area contributed by atoms with Gasteiger partial charge in [0.25, 0.3) is 0 Å². The van der Waals surface area contributed by atoms with Crippen LogP contribution in [0.25, 0.3) is 0 Å². The predicted molar refractivity (Wildman–Crippen MR) is 68.8 cm³/mol. The molecule has 1 saturated carbocycles. The van der Waals surface area contributed by atoms with E-state index < -0.39 is 0 Å². The highest BCUT2D eigenvalue weighted by atomic mass is 16.2. The molecule has 1 saturated heterocycles. The second kappa shape index (κ2) is 5.69. The van der Waals surface area contributed by atoms with Crippen molar-refractivity contribution in [1.29, 1.82) is 0 Å². The monoisotopic (exact) mass is 253 g/mol. The van der Waals surface area contributed by atoms with Crippen molar-refractivity contribution >= 4 is 11.8 Å². The molecular formula is C13H23N3O2. The average molecular weight is 253 g/mol. The van der Waals surface area contributed by atoms with Crippen molar-refractivity contribution in [1.82, 2.24) is 9.80 Å². The summed E-state index contributed by atoms with van der Waals surface area (Å²) in [6.45, 7) is 4.10. The zero-order chi connectivity index (χ0) is 13.1. The van der Waals surface area contributed by atoms with Crippen molar-refractivity contribution in [3.8, 4) is 0 Å². The van der Waals surface area contributed by atoms with E-state index in [1.165, 1.54) is 0 Å². The topological polar surface area (TPSA) is 66.6 Å². The number of carbonyl (C=O) groups excluding carboxylic acids is 2. The number of amides is 2. The summed E-state index contributed by atoms with van der Waals surface area (Å²) in [5.41, 5.74) is 5.40. The smallest absolute Gasteiger partial charge is 0.236 e. The number of carbonyl (C=O) groups is 2. The van der Waals surface area contributed by atoms with Crippen LogP contribution in [0.15, 0.2) is 0 Å². The first-order valence-corrected chi connectivity index (χ1v) is 6.87. The van der Waals surface area contributed by atoms with Gasteiger partial charge in [-0.2, -0.15) is 0 Å². The van der Waals surface area contributed by atoms with Crippen molar-refractivity contribution in [2.45, 2.75) is 38.6 Å². The lowest BCUT2D eigenvalue weighted by Crippen LogP contribution is -2.46. The lowest BCUT2D eigenvalue weighted by atomic mass is 9.97. The van der Waals surface area contributed by atoms with E-state index in [1.54, 1.807) is 6.92 Å². The molecule has 1 heterocycles. The second-order valence-electron chi connectivity index (χ2n) is 5.45. The Balaban J connectivity index is 1.88. The highest BCUT2D eigenvalue weighted by molar-refractivity contribution is 5.78. The normalized spacial score (nSPS) is 23.9. The molecule has 0 aromatic carbocycles. The zero-order valence-electron chi connectivity index (χ0n) is 11.1. The zero-order valence-corrected chi connectivity index (χ0v) is 11.1. The minimum atomic E-state index is 0.0282. The Morgan fingerprint density at radius 2 is 2.06 bits per heavy atom. The van der Waals surface area contributed by atoms with E-state index in [0.29, 0.717) is 12.0 Å². The van der Waals surface area contributed by atoms with E-state index in [4.69, 9.17) is 5.73 Å². The molecule has 1 atom stereocenters. The van der Waals surface area contributed by atoms with Gasteiger partial charge in [0.15, 0.2) is 0 Å². The second-order valence-corrected chi connectivity index (χ2v) is 5.45. The molecule has 18 heavy (non-hydrogen) atoms. The predicted octanol–water partition coefficient (Wildman–Crippen LogP) is 0.195. The molecule has 1 unspecified atom stereocenters. The molecule has 1 aliphatic carbocycles. The van der Waals surface area contributed by atoms with Gasteiger partial charge >= 0.3 is 0 Å². The van der Waals surface area contributed by atoms with Crippen LogP contribution in [0.5, 0.6) is 0 Å². The SMILES string of the molecule is CC(=O)N(CC1CCCN(C(=O)CN)C1)C1CC1. The summed E-state index contributed by atoms with van der Waals surface area (Å²) in [4.78, 5) is 27.0. The number of rotatable bonds is 4. The van der Waals surface area contributed by atoms with Crippen molar-refractivity contribution < 1.29 is 9.59 Å². The molecule has 5 heteroatoms. The third kappa shape index (κ3) is 3.22. The van der Waals surface area contributed by atoms with Gasteiger partial charge in [0.05, 0.1) is 6.54 Å². The molecule has 2 fully saturated rings. The van der Waals surface area contributed by atoms with Crippen LogP contribution in [0.1, 0.15) is 32.6 Å². The van der Waals surface area contributed by atoms with Crippen LogP contribution in [0.4, 0.5) is 0 Å². The van der Waals surface area contributed by atoms with Gasteiger partial charge in [-0.1, -0.05) is 0 Å². The first-order chi connectivity index (χ1) is 8.61. The van der Waals surface area contributed by atoms with Crippen LogP contribution in [0, 0.1) is 5.92 Å². The van der Waals surface area contributed by atoms with Crippen LogP contribution >= 0.6 is 0 Å². The van der Waals surface area contributed by atoms with Crippen LogP contribution in [-0.4, -0.2) is 53.8 Å². The van der Waals surface area contributed by atoms with Crippen molar-refractivity contribution in [3.63, 3.8) is 0 Å². The summed E-state index contributed by atoms with van der Waals surface area (Å²) >= 11 is 0. The van der Waals surface area contributed by atoms with Gasteiger partial charge in [-0.15, -0.1) is 0 Å². The highest BCUT2D eigenvalue weighted by Gasteiger charge is 2.33. The van der Waals surface area contributed by atoms with E-state index >= 15 is 0 Å². The molecule has 2 rings (SSSR count). The molecule has 0 spiro atoms. The van der Waals surface area contributed by atoms with Crippen molar-refractivity contribution in [2.24, 2.45) is 11.7 Å². The Bertz CT molecular complexity index is 328. The summed E-state index contributed by atoms with van der Waals surface area (Å²) < 4.78 is 0. The summed E-state index contributed by atoms with van der Waals surface area (Å²) in [5, 5.41) is 0. The first-order valence-electron chi connectivity index (χ1n) is 6.87. The van der Waals surface area contributed by atoms with Gasteiger partial charge in [0.2, 0.25) is 11.8 Å². The highest BCUT2D eigenvalue weighted by Crippen LogP contribution is 2.29. The third-order valence-corrected chi connectivity index (χ3v) is 3.89. The molecule has 0 aromatic rings. The van der Waals surface area contributed by atoms with E-state index in [0.717, 1.165) is 45.3 Å². The summed E-state index contributed by atoms with van der Waals surface area (Å²) in [5.74, 6) is 0.610. The molecule has 5 nitrogen and oxygen atoms in total. The number of piperidine rings is 1. The number of likely N-dealkylation sites (tertiary alicyclic amines) is 1. The molecule has 2 N–H and O–H groups in total. The maximum Gasteiger partial charge on any atom is 0.236 e. The Hall–Kier alpha value is -1.10. The molecule has 0 bridgehead atoms. The quantitative estimate of drug-likeness (QED) is 0.778. The number of nitrogens with two attached hydrogens (primary N) is 1. The van der Waals surface area contributed by atoms with E-state index in [1.807, 2.05) is 9.80 Å². The number of nitrogens with zero attached hydrogens (tertiary/aromatic N) is 2. The van der Waals surface area contributed by atoms with Gasteiger partial charge in [-0.25, -0.2) is 0 Å². The van der Waals surface area contributed by atoms with Gasteiger partial charge < -0.3 is 15.5 Å². The summed E-state index contributed by atoms with van der Waals surface area (Å²) in [7, 11) is 0. The lowest BCUT2D eigenvalue weighted by molar-refractivity contribution is -0.132. The van der Waals surface area contributed by atoms with Crippen LogP contribution in [0.2, 0.25) is 0 Å². The van der Waals surface area contributed by atoms with Gasteiger partial charge in [0.1, 0.15) is 0 Å². The molecular weight excluding hydrogens is 230 g/mol. The van der Waals surface area contributed by atoms with E-state index in [-0.39, 0.29) is 18.4 Å². The number of hydrogen-bond donors (Lipinski definition) is 1. The Morgan fingerprint density at radius 1 is 1.33 bits per heavy atom. The van der Waals surface area contributed by atoms with E-state index in [2.05, 4.69) is 0 Å². The van der Waals surface area contributed by atoms with Gasteiger partial charge in [-0.3, -0.25) is 9.59 Å². The summed E-state index contributed by atoms with van der Waals surface area (Å²) in [6.07, 6.45) is 4.40. The molecule has 0 aromatic heterocycles. The van der Waals surface area contributed by atoms with Crippen molar-refractivity contribution in [2.75, 3.05) is 26.2 Å². The Kier molecular flexibility index (Phi) is 4.22. The fourth-order valence-electron chi connectivity index (χ4n) is 2.77. The van der Waals surface area contributed by atoms with E-state index in [9.17, 15) is 9.59 Å². The fourth-order valence-corrected chi connectivity index (χ4v) is 2.77. The lowest BCUT2D eigenvalue weighted by Gasteiger charge is -2.35. The maximum absolute atomic E-state index is 11.6. The largest absolute Gasteiger partial charge is 0.341 e. The Morgan fingerprint density at radius 3 is 2.61 bits per heavy atom. The first kappa shape index (κ1) is 13.3.